The first kappa shape index (κ1) is 15.8. The topological polar surface area (TPSA) is 50.4 Å². The number of carbonyl (C=O) groups excluding carboxylic acids is 1. The molecule has 1 aliphatic carbocycles. The number of carbonyl (C=O) groups is 1. The lowest BCUT2D eigenvalue weighted by Gasteiger charge is -2.13. The molecule has 1 amide bonds. The lowest BCUT2D eigenvalue weighted by molar-refractivity contribution is -0.115. The molecule has 0 aliphatic heterocycles. The Kier molecular flexibility index (Phi) is 5.86. The molecular weight excluding hydrogens is 388 g/mol. The highest BCUT2D eigenvalue weighted by Gasteiger charge is 2.16. The van der Waals surface area contributed by atoms with Crippen molar-refractivity contribution in [3.63, 3.8) is 0 Å². The minimum atomic E-state index is -0.0398. The number of methoxy groups -OCH3 is 1. The van der Waals surface area contributed by atoms with Gasteiger partial charge in [-0.3, -0.25) is 4.79 Å². The lowest BCUT2D eigenvalue weighted by Crippen LogP contribution is -2.34. The molecule has 0 atom stereocenters. The molecule has 0 aromatic heterocycles. The average Bonchev–Trinajstić information content (AvgIpc) is 2.93. The molecule has 6 heteroatoms. The quantitative estimate of drug-likeness (QED) is 0.785. The highest BCUT2D eigenvalue weighted by atomic mass is 79.9. The van der Waals surface area contributed by atoms with Crippen LogP contribution in [0, 0.1) is 0 Å². The molecule has 0 heterocycles. The number of amides is 1. The van der Waals surface area contributed by atoms with Crippen LogP contribution in [-0.4, -0.2) is 25.6 Å². The third-order valence-corrected chi connectivity index (χ3v) is 4.70. The van der Waals surface area contributed by atoms with Gasteiger partial charge in [-0.25, -0.2) is 0 Å². The summed E-state index contributed by atoms with van der Waals surface area (Å²) in [6.07, 6.45) is 4.86. The molecule has 1 fully saturated rings. The fourth-order valence-electron chi connectivity index (χ4n) is 2.34. The van der Waals surface area contributed by atoms with Crippen LogP contribution in [0.15, 0.2) is 21.1 Å². The van der Waals surface area contributed by atoms with Gasteiger partial charge < -0.3 is 15.4 Å². The van der Waals surface area contributed by atoms with Crippen molar-refractivity contribution in [1.29, 1.82) is 0 Å². The largest absolute Gasteiger partial charge is 0.495 e. The molecule has 110 valence electrons. The minimum Gasteiger partial charge on any atom is -0.495 e. The Morgan fingerprint density at radius 2 is 2.00 bits per heavy atom. The molecule has 1 aromatic rings. The monoisotopic (exact) mass is 404 g/mol. The maximum absolute atomic E-state index is 12.0. The van der Waals surface area contributed by atoms with Gasteiger partial charge in [0.2, 0.25) is 5.91 Å². The number of hydrogen-bond acceptors (Lipinski definition) is 3. The SMILES string of the molecule is COc1cc(NC(=O)CNC2CCCC2)c(Br)cc1Br. The first-order valence-electron chi connectivity index (χ1n) is 6.66. The molecule has 0 bridgehead atoms. The van der Waals surface area contributed by atoms with Crippen molar-refractivity contribution >= 4 is 43.5 Å². The summed E-state index contributed by atoms with van der Waals surface area (Å²) in [5, 5.41) is 6.18. The molecule has 0 saturated heterocycles. The van der Waals surface area contributed by atoms with Gasteiger partial charge in [-0.1, -0.05) is 12.8 Å². The van der Waals surface area contributed by atoms with Crippen molar-refractivity contribution in [3.05, 3.63) is 21.1 Å². The van der Waals surface area contributed by atoms with E-state index in [0.717, 1.165) is 8.95 Å². The van der Waals surface area contributed by atoms with Gasteiger partial charge in [0.1, 0.15) is 5.75 Å². The molecule has 1 saturated carbocycles. The molecule has 1 aromatic carbocycles. The van der Waals surface area contributed by atoms with Crippen LogP contribution in [0.3, 0.4) is 0 Å². The van der Waals surface area contributed by atoms with Gasteiger partial charge in [0.05, 0.1) is 23.8 Å². The zero-order chi connectivity index (χ0) is 14.5. The Morgan fingerprint density at radius 1 is 1.30 bits per heavy atom. The molecular formula is C14H18Br2N2O2. The Bertz CT molecular complexity index is 488. The standard InChI is InChI=1S/C14H18Br2N2O2/c1-20-13-7-12(10(15)6-11(13)16)18-14(19)8-17-9-4-2-3-5-9/h6-7,9,17H,2-5,8H2,1H3,(H,18,19). The number of benzene rings is 1. The van der Waals surface area contributed by atoms with E-state index in [0.29, 0.717) is 24.0 Å². The van der Waals surface area contributed by atoms with Crippen molar-refractivity contribution in [2.75, 3.05) is 19.0 Å². The van der Waals surface area contributed by atoms with E-state index in [1.807, 2.05) is 6.07 Å². The second-order valence-corrected chi connectivity index (χ2v) is 6.59. The summed E-state index contributed by atoms with van der Waals surface area (Å²) in [7, 11) is 1.60. The van der Waals surface area contributed by atoms with E-state index in [1.165, 1.54) is 25.7 Å². The third kappa shape index (κ3) is 4.20. The van der Waals surface area contributed by atoms with Crippen LogP contribution in [0.2, 0.25) is 0 Å². The summed E-state index contributed by atoms with van der Waals surface area (Å²) in [6.45, 7) is 0.343. The van der Waals surface area contributed by atoms with E-state index in [1.54, 1.807) is 13.2 Å². The van der Waals surface area contributed by atoms with Gasteiger partial charge in [0.15, 0.2) is 0 Å². The van der Waals surface area contributed by atoms with Crippen molar-refractivity contribution in [3.8, 4) is 5.75 Å². The van der Waals surface area contributed by atoms with Crippen LogP contribution in [0.25, 0.3) is 0 Å². The van der Waals surface area contributed by atoms with Crippen LogP contribution < -0.4 is 15.4 Å². The Hall–Kier alpha value is -0.590. The lowest BCUT2D eigenvalue weighted by atomic mass is 10.2. The molecule has 4 nitrogen and oxygen atoms in total. The van der Waals surface area contributed by atoms with Crippen LogP contribution in [0.4, 0.5) is 5.69 Å². The summed E-state index contributed by atoms with van der Waals surface area (Å²) >= 11 is 6.84. The zero-order valence-corrected chi connectivity index (χ0v) is 14.5. The predicted molar refractivity (Wildman–Crippen MR) is 87.3 cm³/mol. The first-order valence-corrected chi connectivity index (χ1v) is 8.25. The van der Waals surface area contributed by atoms with Gasteiger partial charge in [-0.2, -0.15) is 0 Å². The zero-order valence-electron chi connectivity index (χ0n) is 11.3. The van der Waals surface area contributed by atoms with Crippen LogP contribution in [-0.2, 0) is 4.79 Å². The van der Waals surface area contributed by atoms with Gasteiger partial charge in [0, 0.05) is 16.6 Å². The van der Waals surface area contributed by atoms with Gasteiger partial charge in [-0.15, -0.1) is 0 Å². The first-order chi connectivity index (χ1) is 9.60. The second-order valence-electron chi connectivity index (χ2n) is 4.88. The fourth-order valence-corrected chi connectivity index (χ4v) is 3.60. The van der Waals surface area contributed by atoms with Crippen molar-refractivity contribution < 1.29 is 9.53 Å². The van der Waals surface area contributed by atoms with Crippen LogP contribution in [0.5, 0.6) is 5.75 Å². The van der Waals surface area contributed by atoms with Crippen LogP contribution in [0.1, 0.15) is 25.7 Å². The maximum Gasteiger partial charge on any atom is 0.238 e. The summed E-state index contributed by atoms with van der Waals surface area (Å²) in [4.78, 5) is 12.0. The van der Waals surface area contributed by atoms with E-state index < -0.39 is 0 Å². The highest BCUT2D eigenvalue weighted by molar-refractivity contribution is 9.11. The summed E-state index contributed by atoms with van der Waals surface area (Å²) in [6, 6.07) is 4.14. The number of halogens is 2. The third-order valence-electron chi connectivity index (χ3n) is 3.42. The number of nitrogens with one attached hydrogen (secondary N) is 2. The molecule has 0 radical (unpaired) electrons. The molecule has 2 N–H and O–H groups in total. The number of ether oxygens (including phenoxy) is 1. The van der Waals surface area contributed by atoms with E-state index >= 15 is 0 Å². The summed E-state index contributed by atoms with van der Waals surface area (Å²) < 4.78 is 6.89. The van der Waals surface area contributed by atoms with Gasteiger partial charge >= 0.3 is 0 Å². The Labute approximate surface area is 135 Å². The smallest absolute Gasteiger partial charge is 0.238 e. The average molecular weight is 406 g/mol. The second kappa shape index (κ2) is 7.43. The maximum atomic E-state index is 12.0. The van der Waals surface area contributed by atoms with Crippen molar-refractivity contribution in [2.45, 2.75) is 31.7 Å². The van der Waals surface area contributed by atoms with Crippen LogP contribution >= 0.6 is 31.9 Å². The normalized spacial score (nSPS) is 15.3. The molecule has 0 unspecified atom stereocenters. The fraction of sp³-hybridized carbons (Fsp3) is 0.500. The van der Waals surface area contributed by atoms with Crippen molar-refractivity contribution in [2.24, 2.45) is 0 Å². The van der Waals surface area contributed by atoms with E-state index in [4.69, 9.17) is 4.74 Å². The predicted octanol–water partition coefficient (Wildman–Crippen LogP) is 3.69. The summed E-state index contributed by atoms with van der Waals surface area (Å²) in [5.41, 5.74) is 0.711. The van der Waals surface area contributed by atoms with E-state index in [-0.39, 0.29) is 5.91 Å². The highest BCUT2D eigenvalue weighted by Crippen LogP contribution is 2.34. The minimum absolute atomic E-state index is 0.0398. The number of anilines is 1. The molecule has 0 spiro atoms. The molecule has 2 rings (SSSR count). The number of rotatable bonds is 5. The Balaban J connectivity index is 1.93. The van der Waals surface area contributed by atoms with Gasteiger partial charge in [-0.05, 0) is 50.8 Å². The Morgan fingerprint density at radius 3 is 2.65 bits per heavy atom. The molecule has 1 aliphatic rings. The van der Waals surface area contributed by atoms with E-state index in [9.17, 15) is 4.79 Å². The molecule has 20 heavy (non-hydrogen) atoms. The van der Waals surface area contributed by atoms with Crippen molar-refractivity contribution in [1.82, 2.24) is 5.32 Å². The summed E-state index contributed by atoms with van der Waals surface area (Å²) in [5.74, 6) is 0.647. The van der Waals surface area contributed by atoms with E-state index in [2.05, 4.69) is 42.5 Å². The van der Waals surface area contributed by atoms with Gasteiger partial charge in [0.25, 0.3) is 0 Å². The number of hydrogen-bond donors (Lipinski definition) is 2.